The van der Waals surface area contributed by atoms with Crippen molar-refractivity contribution in [1.82, 2.24) is 51.5 Å². The Hall–Kier alpha value is -6.83. The Kier molecular flexibility index (Phi) is 25.9. The van der Waals surface area contributed by atoms with Gasteiger partial charge in [-0.2, -0.15) is 0 Å². The van der Waals surface area contributed by atoms with Gasteiger partial charge in [-0.3, -0.25) is 38.5 Å². The average Bonchev–Trinajstić information content (AvgIpc) is 1.68. The zero-order chi connectivity index (χ0) is 64.5. The van der Waals surface area contributed by atoms with Crippen LogP contribution in [0, 0.1) is 5.92 Å². The highest BCUT2D eigenvalue weighted by atomic mass is 35.5. The second kappa shape index (κ2) is 32.8. The number of aromatic nitrogens is 2. The number of benzene rings is 3. The molecule has 4 saturated heterocycles. The second-order valence-electron chi connectivity index (χ2n) is 24.3. The van der Waals surface area contributed by atoms with Crippen LogP contribution in [0.5, 0.6) is 11.5 Å². The molecule has 3 aromatic carbocycles. The summed E-state index contributed by atoms with van der Waals surface area (Å²) in [6.07, 6.45) is -3.84. The van der Waals surface area contributed by atoms with Crippen LogP contribution >= 0.6 is 36.2 Å². The molecule has 1 saturated carbocycles. The summed E-state index contributed by atoms with van der Waals surface area (Å²) >= 11 is 1.36. The van der Waals surface area contributed by atoms with Crippen LogP contribution in [0.15, 0.2) is 66.7 Å². The smallest absolute Gasteiger partial charge is 0.251 e. The largest absolute Gasteiger partial charge is 0.504 e. The number of phenols is 1. The van der Waals surface area contributed by atoms with Crippen molar-refractivity contribution in [3.05, 3.63) is 77.9 Å². The van der Waals surface area contributed by atoms with E-state index in [0.717, 1.165) is 54.2 Å². The quantitative estimate of drug-likeness (QED) is 0.0713. The Balaban J connectivity index is 0.00000600. The maximum absolute atomic E-state index is 14.7. The van der Waals surface area contributed by atoms with Gasteiger partial charge in [0.25, 0.3) is 5.91 Å². The molecule has 504 valence electrons. The molecule has 4 aromatic rings. The first-order chi connectivity index (χ1) is 43.1. The van der Waals surface area contributed by atoms with Crippen LogP contribution < -0.4 is 42.0 Å². The van der Waals surface area contributed by atoms with Crippen molar-refractivity contribution < 1.29 is 74.0 Å². The predicted molar refractivity (Wildman–Crippen MR) is 344 cm³/mol. The maximum atomic E-state index is 14.7. The number of aliphatic hydroxyl groups excluding tert-OH is 6. The van der Waals surface area contributed by atoms with Gasteiger partial charge in [0.2, 0.25) is 35.4 Å². The number of rotatable bonds is 14. The Bertz CT molecular complexity index is 3170. The van der Waals surface area contributed by atoms with E-state index >= 15 is 0 Å². The highest BCUT2D eigenvalue weighted by molar-refractivity contribution is 7.17. The van der Waals surface area contributed by atoms with Crippen LogP contribution in [0.25, 0.3) is 21.1 Å². The van der Waals surface area contributed by atoms with E-state index in [-0.39, 0.29) is 67.0 Å². The SMILES string of the molecule is COc1cc(C[C@@H](O)[C@@H]2NC(=O)[C@@H]3C[C@@H](O)CN3C(=O)[C@H]([C@@H](C)O)NC(=O)[C@@H](NC(=O)c3ccc(-c4nnc(-c5ccc(N6CCN(C7CCCCCC7)CC6)cc5)s4)cc3)C[C@@H](O)CNC(=O)[C@@H]3[C@@H](O)[C@@H](C)CN3C(=O)[C@H]([C@H](O)CCN)NC2=O)ccc1O.Cl.Cl. The third-order valence-corrected chi connectivity index (χ3v) is 18.9. The molecule has 0 bridgehead atoms. The summed E-state index contributed by atoms with van der Waals surface area (Å²) in [5.74, 6) is -8.49. The second-order valence-corrected chi connectivity index (χ2v) is 25.3. The van der Waals surface area contributed by atoms with Crippen LogP contribution in [0.1, 0.15) is 87.6 Å². The third kappa shape index (κ3) is 17.3. The Morgan fingerprint density at radius 2 is 1.34 bits per heavy atom. The molecule has 0 spiro atoms. The number of nitrogens with one attached hydrogen (secondary N) is 5. The first-order valence-electron chi connectivity index (χ1n) is 30.9. The lowest BCUT2D eigenvalue weighted by Crippen LogP contribution is -2.64. The molecule has 1 aliphatic carbocycles. The van der Waals surface area contributed by atoms with Crippen LogP contribution in [-0.2, 0) is 35.2 Å². The Morgan fingerprint density at radius 1 is 0.728 bits per heavy atom. The van der Waals surface area contributed by atoms with Gasteiger partial charge in [-0.05, 0) is 86.8 Å². The van der Waals surface area contributed by atoms with Gasteiger partial charge in [-0.1, -0.05) is 62.1 Å². The van der Waals surface area contributed by atoms with E-state index in [1.165, 1.54) is 87.3 Å². The van der Waals surface area contributed by atoms with E-state index in [2.05, 4.69) is 58.7 Å². The van der Waals surface area contributed by atoms with Crippen molar-refractivity contribution in [1.29, 1.82) is 0 Å². The molecule has 0 radical (unpaired) electrons. The van der Waals surface area contributed by atoms with Gasteiger partial charge < -0.3 is 87.5 Å². The molecule has 5 aliphatic rings. The number of nitrogens with two attached hydrogens (primary N) is 1. The number of aromatic hydroxyl groups is 1. The molecule has 13 atom stereocenters. The number of aliphatic hydroxyl groups is 6. The van der Waals surface area contributed by atoms with E-state index in [9.17, 15) is 69.3 Å². The standard InChI is InChI=1S/C62H84N12O15S.2ClH/c1-33-31-74-52(53(33)81)58(86)64-30-41(76)28-43(65-54(82)36-11-13-37(14-12-36)59-69-70-60(90-59)38-15-17-40(18-16-38)72-24-22-71(23-25-72)39-8-6-4-5-7-9-39)55(83)66-49(34(2)75)61(87)73-32-42(77)29-44(73)56(84)67-50(57(85)68-51(62(74)88)46(79)20-21-63)47(80)26-35-10-19-45(78)48(27-35)89-3;;/h10-19,27,33-34,39,41-44,46-47,49-53,75-81H,4-9,20-26,28-32,63H2,1-3H3,(H,64,86)(H,65,82)(H,66,83)(H,67,84)(H,68,85);2*1H/t33-,34+,41+,42+,43-,44-,46+,47+,49-,50-,51-,52-,53-;;/m0../s1. The molecule has 7 amide bonds. The number of hydrogen-bond acceptors (Lipinski definition) is 21. The lowest BCUT2D eigenvalue weighted by atomic mass is 9.98. The van der Waals surface area contributed by atoms with E-state index in [4.69, 9.17) is 10.5 Å². The fourth-order valence-electron chi connectivity index (χ4n) is 12.7. The van der Waals surface area contributed by atoms with Crippen molar-refractivity contribution in [2.24, 2.45) is 11.7 Å². The number of phenolic OH excluding ortho intramolecular Hbond substituents is 1. The Labute approximate surface area is 549 Å². The summed E-state index contributed by atoms with van der Waals surface area (Å²) in [5, 5.41) is 101. The summed E-state index contributed by atoms with van der Waals surface area (Å²) in [7, 11) is 1.28. The zero-order valence-electron chi connectivity index (χ0n) is 51.5. The number of anilines is 1. The van der Waals surface area contributed by atoms with Gasteiger partial charge in [0.05, 0.1) is 43.7 Å². The molecule has 5 fully saturated rings. The van der Waals surface area contributed by atoms with Crippen LogP contribution in [0.2, 0.25) is 0 Å². The maximum Gasteiger partial charge on any atom is 0.251 e. The van der Waals surface area contributed by atoms with Crippen molar-refractivity contribution in [2.45, 2.75) is 157 Å². The molecule has 30 heteroatoms. The number of nitrogens with zero attached hydrogens (tertiary/aromatic N) is 6. The molecular weight excluding hydrogens is 1260 g/mol. The summed E-state index contributed by atoms with van der Waals surface area (Å²) in [6, 6.07) is 8.39. The minimum Gasteiger partial charge on any atom is -0.504 e. The molecule has 92 heavy (non-hydrogen) atoms. The van der Waals surface area contributed by atoms with Gasteiger partial charge in [0.15, 0.2) is 11.5 Å². The third-order valence-electron chi connectivity index (χ3n) is 17.8. The molecule has 4 aliphatic heterocycles. The lowest BCUT2D eigenvalue weighted by molar-refractivity contribution is -0.147. The van der Waals surface area contributed by atoms with Crippen LogP contribution in [0.3, 0.4) is 0 Å². The molecule has 1 aromatic heterocycles. The molecule has 27 nitrogen and oxygen atoms in total. The summed E-state index contributed by atoms with van der Waals surface area (Å²) in [6.45, 7) is 5.07. The number of fused-ring (bicyclic) bond motifs is 2. The number of piperazine rings is 1. The fraction of sp³-hybridized carbons (Fsp3) is 0.565. The van der Waals surface area contributed by atoms with Gasteiger partial charge in [0, 0.05) is 99.4 Å². The highest BCUT2D eigenvalue weighted by Crippen LogP contribution is 2.33. The summed E-state index contributed by atoms with van der Waals surface area (Å²) < 4.78 is 5.20. The molecular formula is C62H86Cl2N12O15S. The lowest BCUT2D eigenvalue weighted by Gasteiger charge is -2.40. The van der Waals surface area contributed by atoms with Crippen LogP contribution in [-0.4, -0.2) is 240 Å². The van der Waals surface area contributed by atoms with Gasteiger partial charge in [-0.15, -0.1) is 35.0 Å². The topological polar surface area (TPSA) is 395 Å². The molecule has 5 heterocycles. The van der Waals surface area contributed by atoms with E-state index in [1.807, 2.05) is 12.1 Å². The van der Waals surface area contributed by atoms with E-state index < -0.39 is 152 Å². The Morgan fingerprint density at radius 3 is 1.96 bits per heavy atom. The average molecular weight is 1340 g/mol. The zero-order valence-corrected chi connectivity index (χ0v) is 54.0. The number of hydrogen-bond donors (Lipinski definition) is 13. The predicted octanol–water partition coefficient (Wildman–Crippen LogP) is -0.428. The van der Waals surface area contributed by atoms with E-state index in [0.29, 0.717) is 21.6 Å². The number of ether oxygens (including phenoxy) is 1. The fourth-order valence-corrected chi connectivity index (χ4v) is 13.6. The van der Waals surface area contributed by atoms with Crippen LogP contribution in [0.4, 0.5) is 5.69 Å². The van der Waals surface area contributed by atoms with Crippen molar-refractivity contribution >= 4 is 83.2 Å². The number of halogens is 2. The summed E-state index contributed by atoms with van der Waals surface area (Å²) in [4.78, 5) is 108. The minimum atomic E-state index is -2.02. The van der Waals surface area contributed by atoms with Crippen molar-refractivity contribution in [2.75, 3.05) is 64.4 Å². The molecule has 0 unspecified atom stereocenters. The van der Waals surface area contributed by atoms with E-state index in [1.54, 1.807) is 19.1 Å². The monoisotopic (exact) mass is 1340 g/mol. The molecule has 9 rings (SSSR count). The first kappa shape index (κ1) is 72.6. The van der Waals surface area contributed by atoms with Gasteiger partial charge >= 0.3 is 0 Å². The number of carbonyl (C=O) groups is 7. The normalized spacial score (nSPS) is 27.0. The number of carbonyl (C=O) groups excluding carboxylic acids is 7. The van der Waals surface area contributed by atoms with Gasteiger partial charge in [-0.25, -0.2) is 0 Å². The van der Waals surface area contributed by atoms with Gasteiger partial charge in [0.1, 0.15) is 46.3 Å². The van der Waals surface area contributed by atoms with Crippen molar-refractivity contribution in [3.63, 3.8) is 0 Å². The first-order valence-corrected chi connectivity index (χ1v) is 31.7. The molecule has 14 N–H and O–H groups in total. The number of amides is 7. The highest BCUT2D eigenvalue weighted by Gasteiger charge is 2.50. The number of methoxy groups -OCH3 is 1. The minimum absolute atomic E-state index is 0. The van der Waals surface area contributed by atoms with Crippen molar-refractivity contribution in [3.8, 4) is 32.6 Å². The summed E-state index contributed by atoms with van der Waals surface area (Å²) in [5.41, 5.74) is 8.80. The number of β-amino-alcohol motifs (C(OH)–C–C–N with tert-alkyl or cyclic N) is 1.